The number of nitrogens with one attached hydrogen (secondary N) is 2. The first-order valence-corrected chi connectivity index (χ1v) is 14.5. The Labute approximate surface area is 254 Å². The molecule has 212 valence electrons. The Morgan fingerprint density at radius 2 is 1.84 bits per heavy atom. The van der Waals surface area contributed by atoms with E-state index >= 15 is 0 Å². The van der Waals surface area contributed by atoms with Crippen molar-refractivity contribution in [3.05, 3.63) is 112 Å². The largest absolute Gasteiger partial charge is 0.376 e. The van der Waals surface area contributed by atoms with E-state index in [0.717, 1.165) is 24.8 Å². The third kappa shape index (κ3) is 5.36. The second kappa shape index (κ2) is 11.0. The van der Waals surface area contributed by atoms with Gasteiger partial charge in [-0.1, -0.05) is 59.3 Å². The van der Waals surface area contributed by atoms with Gasteiger partial charge in [-0.15, -0.1) is 5.10 Å². The van der Waals surface area contributed by atoms with Crippen LogP contribution >= 0.6 is 11.6 Å². The van der Waals surface area contributed by atoms with Gasteiger partial charge in [0.2, 0.25) is 0 Å². The first-order chi connectivity index (χ1) is 21.4. The van der Waals surface area contributed by atoms with Crippen molar-refractivity contribution < 1.29 is 5.76 Å². The number of halogens is 2. The van der Waals surface area contributed by atoms with Crippen LogP contribution in [0.5, 0.6) is 0 Å². The molecule has 8 nitrogen and oxygen atoms in total. The number of pyridine rings is 1. The Morgan fingerprint density at radius 3 is 2.53 bits per heavy atom. The Morgan fingerprint density at radius 1 is 1.05 bits per heavy atom. The summed E-state index contributed by atoms with van der Waals surface area (Å²) in [5.74, 6) is -0.433. The monoisotopic (exact) mass is 589 g/mol. The van der Waals surface area contributed by atoms with E-state index in [-0.39, 0.29) is 23.9 Å². The van der Waals surface area contributed by atoms with Crippen LogP contribution in [0.1, 0.15) is 61.1 Å². The number of fused-ring (bicyclic) bond motifs is 1. The van der Waals surface area contributed by atoms with Gasteiger partial charge in [-0.05, 0) is 54.7 Å². The molecule has 10 heteroatoms. The predicted octanol–water partition coefficient (Wildman–Crippen LogP) is 7.34. The molecule has 2 N–H and O–H groups in total. The maximum Gasteiger partial charge on any atom is 0.123 e. The fraction of sp³-hybridized carbons (Fsp3) is 0.242. The van der Waals surface area contributed by atoms with Gasteiger partial charge in [0.15, 0.2) is 0 Å². The minimum absolute atomic E-state index is 0.0717. The average molecular weight is 590 g/mol. The van der Waals surface area contributed by atoms with Gasteiger partial charge in [0.25, 0.3) is 0 Å². The summed E-state index contributed by atoms with van der Waals surface area (Å²) in [4.78, 5) is 4.49. The molecule has 2 heterocycles. The highest BCUT2D eigenvalue weighted by molar-refractivity contribution is 6.35. The van der Waals surface area contributed by atoms with Crippen molar-refractivity contribution in [2.45, 2.75) is 37.4 Å². The average Bonchev–Trinajstić information content (AvgIpc) is 3.98. The molecule has 7 rings (SSSR count). The van der Waals surface area contributed by atoms with Crippen LogP contribution in [0.25, 0.3) is 10.9 Å². The van der Waals surface area contributed by atoms with E-state index < -0.39 is 11.8 Å². The minimum atomic E-state index is -1.65. The summed E-state index contributed by atoms with van der Waals surface area (Å²) in [6.07, 6.45) is 5.99. The van der Waals surface area contributed by atoms with E-state index in [2.05, 4.69) is 38.1 Å². The van der Waals surface area contributed by atoms with Crippen molar-refractivity contribution in [1.82, 2.24) is 20.0 Å². The maximum absolute atomic E-state index is 13.9. The van der Waals surface area contributed by atoms with Crippen LogP contribution in [-0.2, 0) is 0 Å². The zero-order valence-electron chi connectivity index (χ0n) is 23.9. The SMILES string of the molecule is [2H]C(Nc1cc(Cl)c2ncc(C#N)c(N[C@@H](c3ccccc3)[C@H]3C[C@@H]3C#N)c2c1)(c1ccc(F)cc1)c1cn(C2CC2)nn1. The smallest absolute Gasteiger partial charge is 0.123 e. The zero-order valence-corrected chi connectivity index (χ0v) is 23.6. The van der Waals surface area contributed by atoms with E-state index in [9.17, 15) is 16.3 Å². The first kappa shape index (κ1) is 25.7. The van der Waals surface area contributed by atoms with Crippen molar-refractivity contribution in [1.29, 1.82) is 10.5 Å². The van der Waals surface area contributed by atoms with Gasteiger partial charge in [-0.25, -0.2) is 9.07 Å². The number of nitriles is 2. The van der Waals surface area contributed by atoms with Crippen molar-refractivity contribution in [3.8, 4) is 12.1 Å². The molecule has 1 unspecified atom stereocenters. The molecule has 4 atom stereocenters. The third-order valence-electron chi connectivity index (χ3n) is 8.03. The normalized spacial score (nSPS) is 19.9. The van der Waals surface area contributed by atoms with Gasteiger partial charge in [-0.3, -0.25) is 4.98 Å². The number of aromatic nitrogens is 4. The highest BCUT2D eigenvalue weighted by Crippen LogP contribution is 2.49. The molecular formula is C33H26ClFN8. The van der Waals surface area contributed by atoms with Crippen LogP contribution in [0.15, 0.2) is 79.1 Å². The Balaban J connectivity index is 1.33. The van der Waals surface area contributed by atoms with Gasteiger partial charge >= 0.3 is 0 Å². The van der Waals surface area contributed by atoms with Gasteiger partial charge < -0.3 is 10.6 Å². The molecule has 3 aromatic carbocycles. The van der Waals surface area contributed by atoms with E-state index in [4.69, 9.17) is 11.6 Å². The van der Waals surface area contributed by atoms with Crippen LogP contribution < -0.4 is 10.6 Å². The molecule has 0 radical (unpaired) electrons. The van der Waals surface area contributed by atoms with Crippen molar-refractivity contribution in [3.63, 3.8) is 0 Å². The van der Waals surface area contributed by atoms with Crippen molar-refractivity contribution >= 4 is 33.9 Å². The highest BCUT2D eigenvalue weighted by atomic mass is 35.5. The van der Waals surface area contributed by atoms with Gasteiger partial charge in [-0.2, -0.15) is 10.5 Å². The van der Waals surface area contributed by atoms with Gasteiger partial charge in [0.1, 0.15) is 17.6 Å². The van der Waals surface area contributed by atoms with Crippen molar-refractivity contribution in [2.75, 3.05) is 10.6 Å². The summed E-state index contributed by atoms with van der Waals surface area (Å²) in [5, 5.41) is 36.1. The fourth-order valence-electron chi connectivity index (χ4n) is 5.51. The molecule has 0 saturated heterocycles. The molecular weight excluding hydrogens is 563 g/mol. The summed E-state index contributed by atoms with van der Waals surface area (Å²) in [7, 11) is 0. The van der Waals surface area contributed by atoms with Gasteiger partial charge in [0, 0.05) is 23.2 Å². The maximum atomic E-state index is 13.9. The summed E-state index contributed by atoms with van der Waals surface area (Å²) in [6.45, 7) is 0. The molecule has 2 aliphatic rings. The predicted molar refractivity (Wildman–Crippen MR) is 162 cm³/mol. The Hall–Kier alpha value is -4.99. The highest BCUT2D eigenvalue weighted by Gasteiger charge is 2.44. The number of nitrogens with zero attached hydrogens (tertiary/aromatic N) is 6. The number of anilines is 2. The molecule has 2 fully saturated rings. The molecule has 2 aliphatic carbocycles. The summed E-state index contributed by atoms with van der Waals surface area (Å²) in [6, 6.07) is 22.0. The second-order valence-corrected chi connectivity index (χ2v) is 11.4. The molecule has 2 aromatic heterocycles. The standard InChI is InChI=1S/C33H26ClFN8/c34-28-14-24(39-32(20-6-8-23(35)9-7-20)29-18-43(42-41-29)25-10-11-25)13-27-31(22(16-37)17-38-33(27)28)40-30(26-12-21(26)15-36)19-4-2-1-3-5-19/h1-9,13-14,17-18,21,25-26,30,32,39H,10-12H2,(H,38,40)/t21-,26+,30+,32?/m1/s1/i32D. The van der Waals surface area contributed by atoms with Crippen LogP contribution in [0.3, 0.4) is 0 Å². The van der Waals surface area contributed by atoms with Crippen LogP contribution in [-0.4, -0.2) is 20.0 Å². The van der Waals surface area contributed by atoms with E-state index in [1.165, 1.54) is 18.3 Å². The lowest BCUT2D eigenvalue weighted by molar-refractivity contribution is 0.610. The second-order valence-electron chi connectivity index (χ2n) is 11.0. The van der Waals surface area contributed by atoms with Gasteiger partial charge in [0.05, 0.1) is 59.4 Å². The quantitative estimate of drug-likeness (QED) is 0.185. The Bertz CT molecular complexity index is 1950. The summed E-state index contributed by atoms with van der Waals surface area (Å²) < 4.78 is 25.3. The minimum Gasteiger partial charge on any atom is -0.376 e. The third-order valence-corrected chi connectivity index (χ3v) is 8.32. The van der Waals surface area contributed by atoms with E-state index in [1.54, 1.807) is 35.1 Å². The lowest BCUT2D eigenvalue weighted by Gasteiger charge is -2.23. The molecule has 2 saturated carbocycles. The lowest BCUT2D eigenvalue weighted by atomic mass is 9.99. The van der Waals surface area contributed by atoms with Crippen molar-refractivity contribution in [2.24, 2.45) is 11.8 Å². The molecule has 0 aliphatic heterocycles. The number of hydrogen-bond donors (Lipinski definition) is 2. The molecule has 0 bridgehead atoms. The Kier molecular flexibility index (Phi) is 6.58. The molecule has 0 amide bonds. The zero-order chi connectivity index (χ0) is 30.4. The number of hydrogen-bond acceptors (Lipinski definition) is 7. The summed E-state index contributed by atoms with van der Waals surface area (Å²) >= 11 is 6.80. The molecule has 5 aromatic rings. The first-order valence-electron chi connectivity index (χ1n) is 14.6. The van der Waals surface area contributed by atoms with E-state index in [1.807, 2.05) is 30.3 Å². The molecule has 0 spiro atoms. The summed E-state index contributed by atoms with van der Waals surface area (Å²) in [5.41, 5.74) is 3.62. The topological polar surface area (TPSA) is 115 Å². The fourth-order valence-corrected chi connectivity index (χ4v) is 5.78. The number of benzene rings is 3. The van der Waals surface area contributed by atoms with E-state index in [0.29, 0.717) is 44.1 Å². The van der Waals surface area contributed by atoms with Crippen LogP contribution in [0, 0.1) is 40.3 Å². The number of rotatable bonds is 9. The van der Waals surface area contributed by atoms with Crippen LogP contribution in [0.4, 0.5) is 15.8 Å². The lowest BCUT2D eigenvalue weighted by Crippen LogP contribution is -2.16. The van der Waals surface area contributed by atoms with Crippen LogP contribution in [0.2, 0.25) is 5.02 Å². The molecule has 43 heavy (non-hydrogen) atoms.